The molecular formula is C18H25NO4. The SMILES string of the molecule is CC(C)(C)[C@@H]1C[C@H](C(=O)O)CN(C(=O)OCc2ccccc2)C1. The lowest BCUT2D eigenvalue weighted by Crippen LogP contribution is -2.49. The number of nitrogens with zero attached hydrogens (tertiary/aromatic N) is 1. The van der Waals surface area contributed by atoms with Gasteiger partial charge in [-0.2, -0.15) is 0 Å². The summed E-state index contributed by atoms with van der Waals surface area (Å²) in [6.07, 6.45) is 0.162. The number of benzene rings is 1. The minimum absolute atomic E-state index is 0.0495. The van der Waals surface area contributed by atoms with E-state index in [0.717, 1.165) is 5.56 Å². The standard InChI is InChI=1S/C18H25NO4/c1-18(2,3)15-9-14(16(20)21)10-19(11-15)17(22)23-12-13-7-5-4-6-8-13/h4-8,14-15H,9-12H2,1-3H3,(H,20,21)/t14-,15+/m0/s1. The van der Waals surface area contributed by atoms with Crippen molar-refractivity contribution in [2.75, 3.05) is 13.1 Å². The fourth-order valence-corrected chi connectivity index (χ4v) is 2.87. The van der Waals surface area contributed by atoms with Gasteiger partial charge in [-0.25, -0.2) is 4.79 Å². The summed E-state index contributed by atoms with van der Waals surface area (Å²) in [6.45, 7) is 7.20. The third-order valence-electron chi connectivity index (χ3n) is 4.49. The first-order chi connectivity index (χ1) is 10.8. The molecule has 23 heavy (non-hydrogen) atoms. The zero-order valence-corrected chi connectivity index (χ0v) is 14.0. The molecule has 2 atom stereocenters. The second-order valence-electron chi connectivity index (χ2n) is 7.28. The second kappa shape index (κ2) is 7.02. The van der Waals surface area contributed by atoms with Gasteiger partial charge in [0, 0.05) is 13.1 Å². The van der Waals surface area contributed by atoms with E-state index < -0.39 is 18.0 Å². The van der Waals surface area contributed by atoms with Crippen molar-refractivity contribution in [1.82, 2.24) is 4.90 Å². The van der Waals surface area contributed by atoms with Gasteiger partial charge in [0.05, 0.1) is 5.92 Å². The Bertz CT molecular complexity index is 550. The van der Waals surface area contributed by atoms with Crippen molar-refractivity contribution in [2.24, 2.45) is 17.3 Å². The lowest BCUT2D eigenvalue weighted by molar-refractivity contribution is -0.144. The summed E-state index contributed by atoms with van der Waals surface area (Å²) in [5, 5.41) is 9.35. The topological polar surface area (TPSA) is 66.8 Å². The van der Waals surface area contributed by atoms with Crippen LogP contribution in [0.5, 0.6) is 0 Å². The summed E-state index contributed by atoms with van der Waals surface area (Å²) in [4.78, 5) is 25.3. The lowest BCUT2D eigenvalue weighted by atomic mass is 9.73. The van der Waals surface area contributed by atoms with E-state index in [-0.39, 0.29) is 24.5 Å². The second-order valence-corrected chi connectivity index (χ2v) is 7.28. The molecule has 0 radical (unpaired) electrons. The highest BCUT2D eigenvalue weighted by Gasteiger charge is 2.39. The molecule has 0 bridgehead atoms. The van der Waals surface area contributed by atoms with Crippen molar-refractivity contribution >= 4 is 12.1 Å². The van der Waals surface area contributed by atoms with E-state index >= 15 is 0 Å². The fraction of sp³-hybridized carbons (Fsp3) is 0.556. The minimum atomic E-state index is -0.847. The number of carbonyl (C=O) groups excluding carboxylic acids is 1. The Labute approximate surface area is 137 Å². The van der Waals surface area contributed by atoms with E-state index in [2.05, 4.69) is 20.8 Å². The van der Waals surface area contributed by atoms with E-state index in [0.29, 0.717) is 13.0 Å². The van der Waals surface area contributed by atoms with Crippen molar-refractivity contribution in [3.8, 4) is 0 Å². The van der Waals surface area contributed by atoms with Gasteiger partial charge in [0.1, 0.15) is 6.61 Å². The Balaban J connectivity index is 2.01. The van der Waals surface area contributed by atoms with Crippen molar-refractivity contribution in [3.63, 3.8) is 0 Å². The summed E-state index contributed by atoms with van der Waals surface area (Å²) in [5.74, 6) is -1.24. The molecule has 1 saturated heterocycles. The van der Waals surface area contributed by atoms with Crippen LogP contribution in [-0.4, -0.2) is 35.2 Å². The van der Waals surface area contributed by atoms with Crippen LogP contribution in [0.3, 0.4) is 0 Å². The molecule has 1 aliphatic rings. The third kappa shape index (κ3) is 4.71. The highest BCUT2D eigenvalue weighted by molar-refractivity contribution is 5.73. The van der Waals surface area contributed by atoms with Gasteiger partial charge in [0.15, 0.2) is 0 Å². The van der Waals surface area contributed by atoms with Gasteiger partial charge in [-0.1, -0.05) is 51.1 Å². The number of carboxylic acid groups (broad SMARTS) is 1. The van der Waals surface area contributed by atoms with E-state index in [1.54, 1.807) is 4.90 Å². The van der Waals surface area contributed by atoms with Crippen molar-refractivity contribution in [1.29, 1.82) is 0 Å². The van der Waals surface area contributed by atoms with Crippen LogP contribution < -0.4 is 0 Å². The summed E-state index contributed by atoms with van der Waals surface area (Å²) < 4.78 is 5.35. The third-order valence-corrected chi connectivity index (χ3v) is 4.49. The molecule has 0 aromatic heterocycles. The predicted octanol–water partition coefficient (Wildman–Crippen LogP) is 3.39. The molecule has 0 saturated carbocycles. The molecule has 1 aromatic carbocycles. The average molecular weight is 319 g/mol. The summed E-state index contributed by atoms with van der Waals surface area (Å²) >= 11 is 0. The van der Waals surface area contributed by atoms with Crippen LogP contribution in [0.1, 0.15) is 32.8 Å². The summed E-state index contributed by atoms with van der Waals surface area (Å²) in [5.41, 5.74) is 0.867. The summed E-state index contributed by atoms with van der Waals surface area (Å²) in [6, 6.07) is 9.46. The van der Waals surface area contributed by atoms with Crippen molar-refractivity contribution in [2.45, 2.75) is 33.8 Å². The van der Waals surface area contributed by atoms with Gasteiger partial charge in [-0.15, -0.1) is 0 Å². The van der Waals surface area contributed by atoms with Gasteiger partial charge in [0.25, 0.3) is 0 Å². The minimum Gasteiger partial charge on any atom is -0.481 e. The van der Waals surface area contributed by atoms with Crippen LogP contribution in [0, 0.1) is 17.3 Å². The number of rotatable bonds is 3. The van der Waals surface area contributed by atoms with Crippen molar-refractivity contribution < 1.29 is 19.4 Å². The number of carboxylic acids is 1. The predicted molar refractivity (Wildman–Crippen MR) is 86.9 cm³/mol. The number of hydrogen-bond acceptors (Lipinski definition) is 3. The molecule has 1 N–H and O–H groups in total. The highest BCUT2D eigenvalue weighted by atomic mass is 16.6. The molecule has 1 amide bonds. The smallest absolute Gasteiger partial charge is 0.410 e. The normalized spacial score (nSPS) is 21.8. The molecule has 1 aliphatic heterocycles. The quantitative estimate of drug-likeness (QED) is 0.927. The fourth-order valence-electron chi connectivity index (χ4n) is 2.87. The number of piperidine rings is 1. The van der Waals surface area contributed by atoms with Gasteiger partial charge in [0.2, 0.25) is 0 Å². The monoisotopic (exact) mass is 319 g/mol. The van der Waals surface area contributed by atoms with Gasteiger partial charge < -0.3 is 14.7 Å². The van der Waals surface area contributed by atoms with Crippen LogP contribution in [0.2, 0.25) is 0 Å². The zero-order chi connectivity index (χ0) is 17.0. The van der Waals surface area contributed by atoms with E-state index in [1.165, 1.54) is 0 Å². The number of carbonyl (C=O) groups is 2. The Morgan fingerprint density at radius 2 is 1.87 bits per heavy atom. The average Bonchev–Trinajstić information content (AvgIpc) is 2.52. The Morgan fingerprint density at radius 3 is 2.43 bits per heavy atom. The molecule has 1 heterocycles. The Kier molecular flexibility index (Phi) is 5.29. The van der Waals surface area contributed by atoms with E-state index in [1.807, 2.05) is 30.3 Å². The molecule has 5 nitrogen and oxygen atoms in total. The Hall–Kier alpha value is -2.04. The zero-order valence-electron chi connectivity index (χ0n) is 14.0. The first-order valence-corrected chi connectivity index (χ1v) is 7.96. The number of aliphatic carboxylic acids is 1. The molecule has 0 unspecified atom stereocenters. The van der Waals surface area contributed by atoms with Crippen LogP contribution in [0.25, 0.3) is 0 Å². The molecule has 5 heteroatoms. The van der Waals surface area contributed by atoms with Crippen LogP contribution in [0.4, 0.5) is 4.79 Å². The lowest BCUT2D eigenvalue weighted by Gasteiger charge is -2.41. The molecule has 0 aliphatic carbocycles. The number of ether oxygens (including phenoxy) is 1. The number of likely N-dealkylation sites (tertiary alicyclic amines) is 1. The molecule has 126 valence electrons. The van der Waals surface area contributed by atoms with Crippen LogP contribution in [-0.2, 0) is 16.1 Å². The Morgan fingerprint density at radius 1 is 1.22 bits per heavy atom. The van der Waals surface area contributed by atoms with E-state index in [4.69, 9.17) is 4.74 Å². The van der Waals surface area contributed by atoms with Gasteiger partial charge in [-0.3, -0.25) is 4.79 Å². The van der Waals surface area contributed by atoms with E-state index in [9.17, 15) is 14.7 Å². The molecule has 1 fully saturated rings. The first-order valence-electron chi connectivity index (χ1n) is 7.96. The number of hydrogen-bond donors (Lipinski definition) is 1. The first kappa shape index (κ1) is 17.3. The largest absolute Gasteiger partial charge is 0.481 e. The molecule has 2 rings (SSSR count). The maximum atomic E-state index is 12.3. The van der Waals surface area contributed by atoms with Gasteiger partial charge in [-0.05, 0) is 23.3 Å². The van der Waals surface area contributed by atoms with Crippen LogP contribution in [0.15, 0.2) is 30.3 Å². The highest BCUT2D eigenvalue weighted by Crippen LogP contribution is 2.35. The van der Waals surface area contributed by atoms with Crippen LogP contribution >= 0.6 is 0 Å². The van der Waals surface area contributed by atoms with Gasteiger partial charge >= 0.3 is 12.1 Å². The van der Waals surface area contributed by atoms with Crippen molar-refractivity contribution in [3.05, 3.63) is 35.9 Å². The molecule has 1 aromatic rings. The maximum absolute atomic E-state index is 12.3. The molecule has 0 spiro atoms. The maximum Gasteiger partial charge on any atom is 0.410 e. The number of amides is 1. The molecular weight excluding hydrogens is 294 g/mol. The summed E-state index contributed by atoms with van der Waals surface area (Å²) in [7, 11) is 0.